The molecule has 2 heteroatoms. The number of morpholine rings is 1. The summed E-state index contributed by atoms with van der Waals surface area (Å²) in [5.74, 6) is 0. The molecule has 0 amide bonds. The van der Waals surface area contributed by atoms with Gasteiger partial charge in [0, 0.05) is 13.1 Å². The Morgan fingerprint density at radius 3 is 2.35 bits per heavy atom. The van der Waals surface area contributed by atoms with Crippen LogP contribution in [0.25, 0.3) is 0 Å². The summed E-state index contributed by atoms with van der Waals surface area (Å²) in [5.41, 5.74) is 2.71. The van der Waals surface area contributed by atoms with Crippen LogP contribution in [0.4, 0.5) is 0 Å². The molecular weight excluding hydrogens is 246 g/mol. The zero-order chi connectivity index (χ0) is 13.8. The molecule has 0 spiro atoms. The third-order valence-corrected chi connectivity index (χ3v) is 3.97. The van der Waals surface area contributed by atoms with Gasteiger partial charge < -0.3 is 4.74 Å². The molecule has 2 atom stereocenters. The molecule has 2 aromatic carbocycles. The molecule has 104 valence electrons. The summed E-state index contributed by atoms with van der Waals surface area (Å²) in [7, 11) is 0. The van der Waals surface area contributed by atoms with Crippen LogP contribution >= 0.6 is 0 Å². The molecule has 0 aromatic heterocycles. The molecule has 0 saturated carbocycles. The second kappa shape index (κ2) is 6.21. The molecule has 1 aliphatic heterocycles. The predicted molar refractivity (Wildman–Crippen MR) is 81.4 cm³/mol. The van der Waals surface area contributed by atoms with E-state index >= 15 is 0 Å². The van der Waals surface area contributed by atoms with Crippen LogP contribution in [0, 0.1) is 0 Å². The van der Waals surface area contributed by atoms with Crippen LogP contribution in [0.3, 0.4) is 0 Å². The average Bonchev–Trinajstić information content (AvgIpc) is 2.49. The van der Waals surface area contributed by atoms with Crippen LogP contribution in [-0.4, -0.2) is 24.2 Å². The van der Waals surface area contributed by atoms with Crippen LogP contribution in [0.1, 0.15) is 24.1 Å². The van der Waals surface area contributed by atoms with E-state index < -0.39 is 0 Å². The summed E-state index contributed by atoms with van der Waals surface area (Å²) in [6.45, 7) is 4.96. The Balaban J connectivity index is 1.83. The lowest BCUT2D eigenvalue weighted by Gasteiger charge is -2.40. The number of rotatable bonds is 3. The van der Waals surface area contributed by atoms with E-state index in [0.29, 0.717) is 6.04 Å². The lowest BCUT2D eigenvalue weighted by atomic mass is 9.98. The van der Waals surface area contributed by atoms with E-state index in [4.69, 9.17) is 4.74 Å². The van der Waals surface area contributed by atoms with Crippen molar-refractivity contribution in [1.29, 1.82) is 0 Å². The number of benzene rings is 2. The highest BCUT2D eigenvalue weighted by Crippen LogP contribution is 2.30. The topological polar surface area (TPSA) is 12.5 Å². The summed E-state index contributed by atoms with van der Waals surface area (Å²) in [5, 5.41) is 0. The first-order chi connectivity index (χ1) is 9.84. The van der Waals surface area contributed by atoms with Crippen molar-refractivity contribution in [3.8, 4) is 0 Å². The Bertz CT molecular complexity index is 526. The first-order valence-electron chi connectivity index (χ1n) is 7.29. The van der Waals surface area contributed by atoms with Crippen molar-refractivity contribution in [1.82, 2.24) is 4.90 Å². The van der Waals surface area contributed by atoms with Gasteiger partial charge >= 0.3 is 0 Å². The van der Waals surface area contributed by atoms with Crippen LogP contribution in [0.2, 0.25) is 0 Å². The number of nitrogens with zero attached hydrogens (tertiary/aromatic N) is 1. The van der Waals surface area contributed by atoms with Gasteiger partial charge in [0.25, 0.3) is 0 Å². The standard InChI is InChI=1S/C18H21NO/c1-15-18(17-10-6-3-7-11-17)19(12-13-20-15)14-16-8-4-2-5-9-16/h2-11,15,18H,12-14H2,1H3/t15-,18-/m0/s1. The van der Waals surface area contributed by atoms with Crippen LogP contribution < -0.4 is 0 Å². The SMILES string of the molecule is C[C@@H]1OCCN(Cc2ccccc2)[C@@H]1c1ccccc1. The van der Waals surface area contributed by atoms with E-state index in [9.17, 15) is 0 Å². The fourth-order valence-electron chi connectivity index (χ4n) is 3.01. The van der Waals surface area contributed by atoms with E-state index in [0.717, 1.165) is 19.7 Å². The van der Waals surface area contributed by atoms with Crippen molar-refractivity contribution in [3.63, 3.8) is 0 Å². The molecule has 1 aliphatic rings. The van der Waals surface area contributed by atoms with Gasteiger partial charge in [-0.25, -0.2) is 0 Å². The highest BCUT2D eigenvalue weighted by Gasteiger charge is 2.30. The number of hydrogen-bond acceptors (Lipinski definition) is 2. The second-order valence-electron chi connectivity index (χ2n) is 5.39. The fraction of sp³-hybridized carbons (Fsp3) is 0.333. The molecule has 2 nitrogen and oxygen atoms in total. The Hall–Kier alpha value is -1.64. The van der Waals surface area contributed by atoms with E-state index in [1.54, 1.807) is 0 Å². The first kappa shape index (κ1) is 13.3. The van der Waals surface area contributed by atoms with E-state index in [-0.39, 0.29) is 6.10 Å². The molecule has 1 fully saturated rings. The van der Waals surface area contributed by atoms with E-state index in [1.165, 1.54) is 11.1 Å². The molecule has 3 rings (SSSR count). The zero-order valence-corrected chi connectivity index (χ0v) is 11.9. The lowest BCUT2D eigenvalue weighted by molar-refractivity contribution is -0.0668. The van der Waals surface area contributed by atoms with Crippen molar-refractivity contribution in [2.75, 3.05) is 13.2 Å². The molecule has 1 heterocycles. The highest BCUT2D eigenvalue weighted by molar-refractivity contribution is 5.22. The van der Waals surface area contributed by atoms with Crippen molar-refractivity contribution >= 4 is 0 Å². The van der Waals surface area contributed by atoms with Gasteiger partial charge in [0.2, 0.25) is 0 Å². The molecule has 0 unspecified atom stereocenters. The maximum atomic E-state index is 5.87. The summed E-state index contributed by atoms with van der Waals surface area (Å²) >= 11 is 0. The molecule has 1 saturated heterocycles. The summed E-state index contributed by atoms with van der Waals surface area (Å²) in [6.07, 6.45) is 0.231. The highest BCUT2D eigenvalue weighted by atomic mass is 16.5. The molecule has 0 radical (unpaired) electrons. The van der Waals surface area contributed by atoms with Crippen LogP contribution in [0.15, 0.2) is 60.7 Å². The third kappa shape index (κ3) is 2.92. The molecule has 0 aliphatic carbocycles. The number of hydrogen-bond donors (Lipinski definition) is 0. The average molecular weight is 267 g/mol. The minimum absolute atomic E-state index is 0.231. The minimum atomic E-state index is 0.231. The Morgan fingerprint density at radius 2 is 1.65 bits per heavy atom. The quantitative estimate of drug-likeness (QED) is 0.841. The second-order valence-corrected chi connectivity index (χ2v) is 5.39. The van der Waals surface area contributed by atoms with Crippen LogP contribution in [-0.2, 0) is 11.3 Å². The summed E-state index contributed by atoms with van der Waals surface area (Å²) < 4.78 is 5.87. The maximum absolute atomic E-state index is 5.87. The van der Waals surface area contributed by atoms with Gasteiger partial charge in [0.05, 0.1) is 18.8 Å². The summed E-state index contributed by atoms with van der Waals surface area (Å²) in [6, 6.07) is 21.7. The van der Waals surface area contributed by atoms with Gasteiger partial charge in [-0.05, 0) is 18.1 Å². The molecule has 0 bridgehead atoms. The molecule has 2 aromatic rings. The monoisotopic (exact) mass is 267 g/mol. The maximum Gasteiger partial charge on any atom is 0.0744 e. The molecular formula is C18H21NO. The third-order valence-electron chi connectivity index (χ3n) is 3.97. The van der Waals surface area contributed by atoms with E-state index in [1.807, 2.05) is 0 Å². The van der Waals surface area contributed by atoms with Crippen LogP contribution in [0.5, 0.6) is 0 Å². The molecule has 20 heavy (non-hydrogen) atoms. The van der Waals surface area contributed by atoms with Gasteiger partial charge in [0.15, 0.2) is 0 Å². The van der Waals surface area contributed by atoms with Gasteiger partial charge in [0.1, 0.15) is 0 Å². The van der Waals surface area contributed by atoms with Gasteiger partial charge in [-0.3, -0.25) is 4.90 Å². The van der Waals surface area contributed by atoms with Crippen molar-refractivity contribution in [2.45, 2.75) is 25.6 Å². The number of ether oxygens (including phenoxy) is 1. The first-order valence-corrected chi connectivity index (χ1v) is 7.29. The Labute approximate surface area is 121 Å². The summed E-state index contributed by atoms with van der Waals surface area (Å²) in [4.78, 5) is 2.53. The van der Waals surface area contributed by atoms with Crippen molar-refractivity contribution in [3.05, 3.63) is 71.8 Å². The van der Waals surface area contributed by atoms with Crippen molar-refractivity contribution < 1.29 is 4.74 Å². The van der Waals surface area contributed by atoms with Gasteiger partial charge in [-0.15, -0.1) is 0 Å². The fourth-order valence-corrected chi connectivity index (χ4v) is 3.01. The lowest BCUT2D eigenvalue weighted by Crippen LogP contribution is -2.43. The van der Waals surface area contributed by atoms with Gasteiger partial charge in [-0.2, -0.15) is 0 Å². The smallest absolute Gasteiger partial charge is 0.0744 e. The Morgan fingerprint density at radius 1 is 1.00 bits per heavy atom. The largest absolute Gasteiger partial charge is 0.375 e. The molecule has 0 N–H and O–H groups in total. The van der Waals surface area contributed by atoms with Crippen molar-refractivity contribution in [2.24, 2.45) is 0 Å². The normalized spacial score (nSPS) is 23.6. The van der Waals surface area contributed by atoms with Gasteiger partial charge in [-0.1, -0.05) is 60.7 Å². The minimum Gasteiger partial charge on any atom is -0.375 e. The Kier molecular flexibility index (Phi) is 4.14. The predicted octanol–water partition coefficient (Wildman–Crippen LogP) is 3.65. The van der Waals surface area contributed by atoms with E-state index in [2.05, 4.69) is 72.5 Å². The zero-order valence-electron chi connectivity index (χ0n) is 11.9.